The van der Waals surface area contributed by atoms with E-state index in [0.29, 0.717) is 0 Å². The molecule has 0 unspecified atom stereocenters. The van der Waals surface area contributed by atoms with E-state index in [4.69, 9.17) is 5.11 Å². The van der Waals surface area contributed by atoms with E-state index < -0.39 is 5.97 Å². The molecule has 16 heavy (non-hydrogen) atoms. The number of rotatable bonds is 3. The van der Waals surface area contributed by atoms with Crippen LogP contribution in [0, 0.1) is 6.92 Å². The Labute approximate surface area is 104 Å². The Morgan fingerprint density at radius 1 is 1.50 bits per heavy atom. The maximum Gasteiger partial charge on any atom is 0.304 e. The molecular weight excluding hydrogens is 268 g/mol. The Kier molecular flexibility index (Phi) is 3.06. The number of hydrogen-bond acceptors (Lipinski definition) is 1. The van der Waals surface area contributed by atoms with Gasteiger partial charge < -0.3 is 5.11 Å². The van der Waals surface area contributed by atoms with Gasteiger partial charge in [-0.05, 0) is 37.0 Å². The summed E-state index contributed by atoms with van der Waals surface area (Å²) in [7, 11) is 0. The molecule has 0 bridgehead atoms. The second-order valence-corrected chi connectivity index (χ2v) is 5.52. The Morgan fingerprint density at radius 2 is 2.19 bits per heavy atom. The Morgan fingerprint density at radius 3 is 2.62 bits per heavy atom. The molecule has 0 amide bonds. The number of carboxylic acid groups (broad SMARTS) is 1. The van der Waals surface area contributed by atoms with Gasteiger partial charge in [-0.2, -0.15) is 0 Å². The third-order valence-corrected chi connectivity index (χ3v) is 4.44. The third-order valence-electron chi connectivity index (χ3n) is 3.58. The fraction of sp³-hybridized carbons (Fsp3) is 0.462. The van der Waals surface area contributed by atoms with Crippen LogP contribution in [0.3, 0.4) is 0 Å². The molecule has 1 aliphatic rings. The first-order valence-corrected chi connectivity index (χ1v) is 6.31. The standard InChI is InChI=1S/C13H15BrO2/c1-9-3-4-10(7-11(9)14)13(5-2-6-13)8-12(15)16/h3-4,7H,2,5-6,8H2,1H3,(H,15,16). The minimum Gasteiger partial charge on any atom is -0.481 e. The van der Waals surface area contributed by atoms with E-state index in [1.807, 2.05) is 6.92 Å². The van der Waals surface area contributed by atoms with E-state index in [2.05, 4.69) is 34.1 Å². The summed E-state index contributed by atoms with van der Waals surface area (Å²) >= 11 is 3.51. The number of carbonyl (C=O) groups is 1. The van der Waals surface area contributed by atoms with Crippen molar-refractivity contribution in [2.24, 2.45) is 0 Å². The first-order chi connectivity index (χ1) is 7.53. The van der Waals surface area contributed by atoms with E-state index >= 15 is 0 Å². The van der Waals surface area contributed by atoms with Gasteiger partial charge in [-0.3, -0.25) is 4.79 Å². The smallest absolute Gasteiger partial charge is 0.304 e. The SMILES string of the molecule is Cc1ccc(C2(CC(=O)O)CCC2)cc1Br. The third kappa shape index (κ3) is 2.01. The summed E-state index contributed by atoms with van der Waals surface area (Å²) in [5, 5.41) is 8.99. The molecule has 1 aromatic rings. The van der Waals surface area contributed by atoms with Crippen molar-refractivity contribution in [2.75, 3.05) is 0 Å². The molecule has 0 atom stereocenters. The molecule has 1 fully saturated rings. The fourth-order valence-corrected chi connectivity index (χ4v) is 2.76. The summed E-state index contributed by atoms with van der Waals surface area (Å²) in [5.41, 5.74) is 2.24. The van der Waals surface area contributed by atoms with Crippen LogP contribution in [0.5, 0.6) is 0 Å². The number of carboxylic acids is 1. The van der Waals surface area contributed by atoms with Gasteiger partial charge in [0.1, 0.15) is 0 Å². The number of aliphatic carboxylic acids is 1. The lowest BCUT2D eigenvalue weighted by Crippen LogP contribution is -2.36. The molecule has 0 aliphatic heterocycles. The van der Waals surface area contributed by atoms with Crippen LogP contribution in [-0.4, -0.2) is 11.1 Å². The molecule has 1 saturated carbocycles. The molecule has 1 aliphatic carbocycles. The van der Waals surface area contributed by atoms with Crippen LogP contribution in [0.1, 0.15) is 36.8 Å². The molecule has 0 heterocycles. The number of aryl methyl sites for hydroxylation is 1. The lowest BCUT2D eigenvalue weighted by atomic mass is 9.62. The molecule has 0 saturated heterocycles. The van der Waals surface area contributed by atoms with Crippen LogP contribution < -0.4 is 0 Å². The van der Waals surface area contributed by atoms with Crippen LogP contribution >= 0.6 is 15.9 Å². The van der Waals surface area contributed by atoms with Crippen LogP contribution in [-0.2, 0) is 10.2 Å². The zero-order valence-corrected chi connectivity index (χ0v) is 10.9. The van der Waals surface area contributed by atoms with Gasteiger partial charge in [0.25, 0.3) is 0 Å². The molecule has 2 rings (SSSR count). The second kappa shape index (κ2) is 4.21. The summed E-state index contributed by atoms with van der Waals surface area (Å²) in [5.74, 6) is -0.698. The van der Waals surface area contributed by atoms with E-state index in [0.717, 1.165) is 23.7 Å². The highest BCUT2D eigenvalue weighted by Gasteiger charge is 2.40. The summed E-state index contributed by atoms with van der Waals surface area (Å²) in [6.07, 6.45) is 3.38. The average Bonchev–Trinajstić information content (AvgIpc) is 2.16. The van der Waals surface area contributed by atoms with Crippen molar-refractivity contribution in [1.82, 2.24) is 0 Å². The topological polar surface area (TPSA) is 37.3 Å². The average molecular weight is 283 g/mol. The molecular formula is C13H15BrO2. The Bertz CT molecular complexity index is 422. The number of hydrogen-bond donors (Lipinski definition) is 1. The zero-order valence-electron chi connectivity index (χ0n) is 9.29. The summed E-state index contributed by atoms with van der Waals surface area (Å²) < 4.78 is 1.07. The van der Waals surface area contributed by atoms with Crippen molar-refractivity contribution in [3.8, 4) is 0 Å². The molecule has 1 aromatic carbocycles. The van der Waals surface area contributed by atoms with Gasteiger partial charge in [-0.25, -0.2) is 0 Å². The van der Waals surface area contributed by atoms with E-state index in [-0.39, 0.29) is 11.8 Å². The van der Waals surface area contributed by atoms with Crippen LogP contribution in [0.25, 0.3) is 0 Å². The quantitative estimate of drug-likeness (QED) is 0.919. The first kappa shape index (κ1) is 11.6. The second-order valence-electron chi connectivity index (χ2n) is 4.67. The van der Waals surface area contributed by atoms with Crippen LogP contribution in [0.4, 0.5) is 0 Å². The van der Waals surface area contributed by atoms with E-state index in [1.54, 1.807) is 0 Å². The molecule has 86 valence electrons. The zero-order chi connectivity index (χ0) is 11.8. The molecule has 1 N–H and O–H groups in total. The maximum atomic E-state index is 10.9. The summed E-state index contributed by atoms with van der Waals surface area (Å²) in [6, 6.07) is 6.21. The molecule has 3 heteroatoms. The van der Waals surface area contributed by atoms with Crippen LogP contribution in [0.15, 0.2) is 22.7 Å². The highest BCUT2D eigenvalue weighted by Crippen LogP contribution is 2.47. The van der Waals surface area contributed by atoms with Crippen LogP contribution in [0.2, 0.25) is 0 Å². The molecule has 0 spiro atoms. The fourth-order valence-electron chi connectivity index (χ4n) is 2.38. The number of halogens is 1. The van der Waals surface area contributed by atoms with Gasteiger partial charge in [0, 0.05) is 9.89 Å². The highest BCUT2D eigenvalue weighted by molar-refractivity contribution is 9.10. The minimum absolute atomic E-state index is 0.109. The van der Waals surface area contributed by atoms with Gasteiger partial charge in [0.15, 0.2) is 0 Å². The van der Waals surface area contributed by atoms with Crippen molar-refractivity contribution < 1.29 is 9.90 Å². The monoisotopic (exact) mass is 282 g/mol. The van der Waals surface area contributed by atoms with E-state index in [9.17, 15) is 4.79 Å². The molecule has 0 radical (unpaired) electrons. The lowest BCUT2D eigenvalue weighted by molar-refractivity contribution is -0.139. The first-order valence-electron chi connectivity index (χ1n) is 5.52. The summed E-state index contributed by atoms with van der Waals surface area (Å²) in [6.45, 7) is 2.04. The van der Waals surface area contributed by atoms with Gasteiger partial charge in [-0.15, -0.1) is 0 Å². The van der Waals surface area contributed by atoms with Crippen molar-refractivity contribution in [3.05, 3.63) is 33.8 Å². The molecule has 2 nitrogen and oxygen atoms in total. The predicted molar refractivity (Wildman–Crippen MR) is 66.7 cm³/mol. The van der Waals surface area contributed by atoms with Gasteiger partial charge in [0.2, 0.25) is 0 Å². The van der Waals surface area contributed by atoms with Crippen molar-refractivity contribution >= 4 is 21.9 Å². The van der Waals surface area contributed by atoms with Crippen molar-refractivity contribution in [2.45, 2.75) is 38.0 Å². The van der Waals surface area contributed by atoms with Gasteiger partial charge >= 0.3 is 5.97 Å². The predicted octanol–water partition coefficient (Wildman–Crippen LogP) is 3.65. The van der Waals surface area contributed by atoms with Crippen molar-refractivity contribution in [3.63, 3.8) is 0 Å². The number of benzene rings is 1. The highest BCUT2D eigenvalue weighted by atomic mass is 79.9. The minimum atomic E-state index is -0.698. The Hall–Kier alpha value is -0.830. The Balaban J connectivity index is 2.33. The molecule has 0 aromatic heterocycles. The summed E-state index contributed by atoms with van der Waals surface area (Å²) in [4.78, 5) is 10.9. The maximum absolute atomic E-state index is 10.9. The van der Waals surface area contributed by atoms with E-state index in [1.165, 1.54) is 11.1 Å². The lowest BCUT2D eigenvalue weighted by Gasteiger charge is -2.41. The van der Waals surface area contributed by atoms with Crippen molar-refractivity contribution in [1.29, 1.82) is 0 Å². The van der Waals surface area contributed by atoms with Gasteiger partial charge in [0.05, 0.1) is 6.42 Å². The normalized spacial score (nSPS) is 17.9. The largest absolute Gasteiger partial charge is 0.481 e. The van der Waals surface area contributed by atoms with Gasteiger partial charge in [-0.1, -0.05) is 34.5 Å².